The molecule has 0 saturated carbocycles. The number of rotatable bonds is 6. The molecule has 3 fully saturated rings. The Morgan fingerprint density at radius 3 is 2.37 bits per heavy atom. The van der Waals surface area contributed by atoms with Crippen LogP contribution in [0.2, 0.25) is 0 Å². The first kappa shape index (κ1) is 27.4. The van der Waals surface area contributed by atoms with Crippen LogP contribution >= 0.6 is 0 Å². The van der Waals surface area contributed by atoms with Crippen molar-refractivity contribution in [1.82, 2.24) is 4.90 Å². The Kier molecular flexibility index (Phi) is 8.03. The summed E-state index contributed by atoms with van der Waals surface area (Å²) in [6.07, 6.45) is 2.45. The van der Waals surface area contributed by atoms with Gasteiger partial charge in [0.05, 0.1) is 36.8 Å². The van der Waals surface area contributed by atoms with E-state index in [1.807, 2.05) is 54.6 Å². The Morgan fingerprint density at radius 2 is 1.63 bits per heavy atom. The molecule has 4 atom stereocenters. The van der Waals surface area contributed by atoms with Crippen molar-refractivity contribution in [2.24, 2.45) is 11.8 Å². The maximum Gasteiger partial charge on any atom is 0.257 e. The molecule has 0 bridgehead atoms. The van der Waals surface area contributed by atoms with Crippen molar-refractivity contribution < 1.29 is 23.5 Å². The Bertz CT molecular complexity index is 1360. The summed E-state index contributed by atoms with van der Waals surface area (Å²) in [5, 5.41) is 6.64. The summed E-state index contributed by atoms with van der Waals surface area (Å²) in [7, 11) is 0. The van der Waals surface area contributed by atoms with E-state index in [9.17, 15) is 9.59 Å². The lowest BCUT2D eigenvalue weighted by atomic mass is 9.76. The molecule has 1 unspecified atom stereocenters. The summed E-state index contributed by atoms with van der Waals surface area (Å²) >= 11 is 0. The van der Waals surface area contributed by atoms with Gasteiger partial charge in [-0.2, -0.15) is 0 Å². The Hall–Kier alpha value is -3.75. The first-order chi connectivity index (χ1) is 20.0. The molecule has 0 radical (unpaired) electrons. The van der Waals surface area contributed by atoms with E-state index in [4.69, 9.17) is 9.47 Å². The normalized spacial score (nSPS) is 24.5. The number of para-hydroxylation sites is 1. The van der Waals surface area contributed by atoms with Crippen LogP contribution in [0.4, 0.5) is 15.8 Å². The highest BCUT2D eigenvalue weighted by atomic mass is 19.1. The highest BCUT2D eigenvalue weighted by Gasteiger charge is 2.51. The van der Waals surface area contributed by atoms with Gasteiger partial charge in [0.1, 0.15) is 5.82 Å². The Labute approximate surface area is 240 Å². The molecule has 41 heavy (non-hydrogen) atoms. The van der Waals surface area contributed by atoms with Gasteiger partial charge in [-0.25, -0.2) is 4.39 Å². The first-order valence-corrected chi connectivity index (χ1v) is 14.5. The smallest absolute Gasteiger partial charge is 0.257 e. The lowest BCUT2D eigenvalue weighted by Crippen LogP contribution is -2.55. The predicted octanol–water partition coefficient (Wildman–Crippen LogP) is 5.58. The molecule has 0 aromatic heterocycles. The van der Waals surface area contributed by atoms with E-state index >= 15 is 4.39 Å². The number of likely N-dealkylation sites (tertiary alicyclic amines) is 1. The zero-order valence-corrected chi connectivity index (χ0v) is 23.2. The number of nitrogens with one attached hydrogen (secondary N) is 2. The summed E-state index contributed by atoms with van der Waals surface area (Å²) in [6, 6.07) is 21.5. The van der Waals surface area contributed by atoms with Gasteiger partial charge in [-0.1, -0.05) is 42.5 Å². The van der Waals surface area contributed by atoms with Crippen LogP contribution < -0.4 is 10.6 Å². The fraction of sp³-hybridized carbons (Fsp3) is 0.394. The number of aryl methyl sites for hydroxylation is 1. The molecule has 7 nitrogen and oxygen atoms in total. The molecular formula is C33H36FN3O4. The van der Waals surface area contributed by atoms with Gasteiger partial charge in [0.15, 0.2) is 0 Å². The molecule has 3 aliphatic heterocycles. The highest BCUT2D eigenvalue weighted by molar-refractivity contribution is 5.98. The summed E-state index contributed by atoms with van der Waals surface area (Å²) < 4.78 is 26.5. The molecule has 8 heteroatoms. The summed E-state index contributed by atoms with van der Waals surface area (Å²) in [4.78, 5) is 30.0. The predicted molar refractivity (Wildman–Crippen MR) is 155 cm³/mol. The molecule has 0 aliphatic carbocycles. The summed E-state index contributed by atoms with van der Waals surface area (Å²) in [5.74, 6) is -1.71. The van der Waals surface area contributed by atoms with Gasteiger partial charge in [-0.15, -0.1) is 0 Å². The lowest BCUT2D eigenvalue weighted by Gasteiger charge is -2.47. The Balaban J connectivity index is 1.38. The minimum atomic E-state index is -0.592. The molecule has 3 heterocycles. The van der Waals surface area contributed by atoms with Gasteiger partial charge in [-0.3, -0.25) is 9.59 Å². The average molecular weight is 558 g/mol. The van der Waals surface area contributed by atoms with Crippen molar-refractivity contribution in [2.45, 2.75) is 44.3 Å². The molecular weight excluding hydrogens is 521 g/mol. The minimum Gasteiger partial charge on any atom is -0.382 e. The van der Waals surface area contributed by atoms with Gasteiger partial charge < -0.3 is 25.0 Å². The molecule has 0 spiro atoms. The van der Waals surface area contributed by atoms with Crippen LogP contribution in [-0.4, -0.2) is 55.2 Å². The lowest BCUT2D eigenvalue weighted by molar-refractivity contribution is -0.124. The van der Waals surface area contributed by atoms with Gasteiger partial charge in [0.2, 0.25) is 5.91 Å². The number of amides is 2. The number of halogens is 1. The molecule has 214 valence electrons. The van der Waals surface area contributed by atoms with Crippen molar-refractivity contribution in [3.05, 3.63) is 95.3 Å². The van der Waals surface area contributed by atoms with Crippen LogP contribution in [0.15, 0.2) is 72.8 Å². The van der Waals surface area contributed by atoms with Gasteiger partial charge in [0, 0.05) is 36.5 Å². The molecule has 6 rings (SSSR count). The first-order valence-electron chi connectivity index (χ1n) is 14.5. The summed E-state index contributed by atoms with van der Waals surface area (Å²) in [5.41, 5.74) is 3.12. The van der Waals surface area contributed by atoms with Gasteiger partial charge in [0.25, 0.3) is 5.91 Å². The van der Waals surface area contributed by atoms with E-state index in [2.05, 4.69) is 10.6 Å². The average Bonchev–Trinajstić information content (AvgIpc) is 3.46. The SMILES string of the molecule is Cc1cccc(F)c1C(=O)N1C2COC[C@@H]2C[C@H](C(=O)Nc2ccccc2)[C@@H]1c1ccc(NC2CCOCC2)cc1. The quantitative estimate of drug-likeness (QED) is 0.414. The van der Waals surface area contributed by atoms with Gasteiger partial charge in [-0.05, 0) is 67.6 Å². The number of ether oxygens (including phenoxy) is 2. The topological polar surface area (TPSA) is 79.9 Å². The van der Waals surface area contributed by atoms with E-state index in [1.165, 1.54) is 6.07 Å². The van der Waals surface area contributed by atoms with Crippen LogP contribution in [0.5, 0.6) is 0 Å². The van der Waals surface area contributed by atoms with E-state index in [0.29, 0.717) is 36.9 Å². The standard InChI is InChI=1S/C33H36FN3O4/c1-21-6-5-9-28(34)30(21)33(39)37-29-20-41-19-23(29)18-27(32(38)36-24-7-3-2-4-8-24)31(37)22-10-12-25(13-11-22)35-26-14-16-40-17-15-26/h2-13,23,26-27,29,31,35H,14-20H2,1H3,(H,36,38)/t23-,27-,29?,31-/m0/s1. The van der Waals surface area contributed by atoms with Crippen LogP contribution in [0.25, 0.3) is 0 Å². The molecule has 2 amide bonds. The number of fused-ring (bicyclic) bond motifs is 1. The molecule has 3 aromatic carbocycles. The number of carbonyl (C=O) groups excluding carboxylic acids is 2. The Morgan fingerprint density at radius 1 is 0.878 bits per heavy atom. The van der Waals surface area contributed by atoms with Crippen LogP contribution in [0.1, 0.15) is 46.8 Å². The number of nitrogens with zero attached hydrogens (tertiary/aromatic N) is 1. The van der Waals surface area contributed by atoms with Crippen molar-refractivity contribution >= 4 is 23.2 Å². The second-order valence-electron chi connectivity index (χ2n) is 11.3. The molecule has 3 saturated heterocycles. The number of hydrogen-bond donors (Lipinski definition) is 2. The fourth-order valence-corrected chi connectivity index (χ4v) is 6.54. The third-order valence-electron chi connectivity index (χ3n) is 8.65. The van der Waals surface area contributed by atoms with E-state index in [1.54, 1.807) is 24.0 Å². The van der Waals surface area contributed by atoms with E-state index < -0.39 is 23.7 Å². The number of carbonyl (C=O) groups is 2. The van der Waals surface area contributed by atoms with Crippen molar-refractivity contribution in [2.75, 3.05) is 37.1 Å². The zero-order valence-electron chi connectivity index (χ0n) is 23.2. The van der Waals surface area contributed by atoms with Crippen LogP contribution in [0.3, 0.4) is 0 Å². The zero-order chi connectivity index (χ0) is 28.3. The third kappa shape index (κ3) is 5.72. The second-order valence-corrected chi connectivity index (χ2v) is 11.3. The number of piperidine rings is 1. The largest absolute Gasteiger partial charge is 0.382 e. The van der Waals surface area contributed by atoms with Gasteiger partial charge >= 0.3 is 0 Å². The highest BCUT2D eigenvalue weighted by Crippen LogP contribution is 2.45. The monoisotopic (exact) mass is 557 g/mol. The van der Waals surface area contributed by atoms with Crippen molar-refractivity contribution in [3.63, 3.8) is 0 Å². The molecule has 2 N–H and O–H groups in total. The fourth-order valence-electron chi connectivity index (χ4n) is 6.54. The third-order valence-corrected chi connectivity index (χ3v) is 8.65. The van der Waals surface area contributed by atoms with E-state index in [0.717, 1.165) is 37.3 Å². The van der Waals surface area contributed by atoms with Crippen molar-refractivity contribution in [3.8, 4) is 0 Å². The summed E-state index contributed by atoms with van der Waals surface area (Å²) in [6.45, 7) is 4.05. The van der Waals surface area contributed by atoms with Crippen molar-refractivity contribution in [1.29, 1.82) is 0 Å². The molecule has 3 aliphatic rings. The number of anilines is 2. The van der Waals surface area contributed by atoms with E-state index in [-0.39, 0.29) is 23.4 Å². The minimum absolute atomic E-state index is 0.0248. The molecule has 3 aromatic rings. The van der Waals surface area contributed by atoms with Crippen LogP contribution in [-0.2, 0) is 14.3 Å². The maximum atomic E-state index is 15.2. The second kappa shape index (κ2) is 12.0. The van der Waals surface area contributed by atoms with Crippen LogP contribution in [0, 0.1) is 24.6 Å². The number of benzene rings is 3. The number of hydrogen-bond acceptors (Lipinski definition) is 5. The maximum absolute atomic E-state index is 15.2.